The summed E-state index contributed by atoms with van der Waals surface area (Å²) in [6.07, 6.45) is 8.36. The van der Waals surface area contributed by atoms with E-state index in [-0.39, 0.29) is 17.9 Å². The first-order valence-electron chi connectivity index (χ1n) is 9.35. The Kier molecular flexibility index (Phi) is 5.58. The van der Waals surface area contributed by atoms with Crippen molar-refractivity contribution in [3.8, 4) is 0 Å². The Labute approximate surface area is 153 Å². The molecule has 0 saturated heterocycles. The van der Waals surface area contributed by atoms with Crippen LogP contribution in [-0.2, 0) is 4.79 Å². The van der Waals surface area contributed by atoms with Crippen molar-refractivity contribution in [3.63, 3.8) is 0 Å². The molecule has 8 heteroatoms. The number of hydrogen-bond donors (Lipinski definition) is 3. The highest BCUT2D eigenvalue weighted by Crippen LogP contribution is 2.28. The SMILES string of the molecule is CN(C)C(=O)C1CCC(Nc2ncc(C(N)=O)c(NC3CCC3)n2)CC1. The van der Waals surface area contributed by atoms with E-state index in [1.54, 1.807) is 19.0 Å². The third-order valence-corrected chi connectivity index (χ3v) is 5.35. The van der Waals surface area contributed by atoms with E-state index in [2.05, 4.69) is 20.6 Å². The van der Waals surface area contributed by atoms with E-state index in [0.29, 0.717) is 23.4 Å². The van der Waals surface area contributed by atoms with Crippen molar-refractivity contribution in [2.75, 3.05) is 24.7 Å². The molecule has 0 bridgehead atoms. The van der Waals surface area contributed by atoms with Crippen LogP contribution in [0.3, 0.4) is 0 Å². The summed E-state index contributed by atoms with van der Waals surface area (Å²) in [4.78, 5) is 34.1. The van der Waals surface area contributed by atoms with Crippen LogP contribution in [0, 0.1) is 5.92 Å². The second-order valence-corrected chi connectivity index (χ2v) is 7.52. The molecule has 0 radical (unpaired) electrons. The van der Waals surface area contributed by atoms with E-state index in [1.165, 1.54) is 12.6 Å². The minimum atomic E-state index is -0.527. The molecule has 2 saturated carbocycles. The number of nitrogens with zero attached hydrogens (tertiary/aromatic N) is 3. The van der Waals surface area contributed by atoms with E-state index in [1.807, 2.05) is 0 Å². The van der Waals surface area contributed by atoms with Crippen molar-refractivity contribution in [2.24, 2.45) is 11.7 Å². The van der Waals surface area contributed by atoms with Gasteiger partial charge < -0.3 is 21.3 Å². The Hall–Kier alpha value is -2.38. The van der Waals surface area contributed by atoms with Crippen molar-refractivity contribution in [2.45, 2.75) is 57.0 Å². The van der Waals surface area contributed by atoms with Gasteiger partial charge in [-0.3, -0.25) is 9.59 Å². The molecule has 1 aromatic rings. The van der Waals surface area contributed by atoms with Gasteiger partial charge >= 0.3 is 0 Å². The van der Waals surface area contributed by atoms with Crippen molar-refractivity contribution >= 4 is 23.6 Å². The minimum Gasteiger partial charge on any atom is -0.367 e. The normalized spacial score (nSPS) is 23.0. The Balaban J connectivity index is 1.62. The van der Waals surface area contributed by atoms with Crippen molar-refractivity contribution in [1.29, 1.82) is 0 Å². The van der Waals surface area contributed by atoms with Crippen LogP contribution in [0.1, 0.15) is 55.3 Å². The first-order valence-corrected chi connectivity index (χ1v) is 9.35. The topological polar surface area (TPSA) is 113 Å². The number of rotatable bonds is 6. The maximum atomic E-state index is 12.1. The van der Waals surface area contributed by atoms with Crippen LogP contribution in [0.25, 0.3) is 0 Å². The van der Waals surface area contributed by atoms with Gasteiger partial charge in [0.1, 0.15) is 5.82 Å². The monoisotopic (exact) mass is 360 g/mol. The third kappa shape index (κ3) is 4.23. The standard InChI is InChI=1S/C18H28N6O2/c1-24(2)17(26)11-6-8-13(9-7-11)22-18-20-10-14(15(19)25)16(23-18)21-12-4-3-5-12/h10-13H,3-9H2,1-2H3,(H2,19,25)(H2,20,21,22,23). The summed E-state index contributed by atoms with van der Waals surface area (Å²) >= 11 is 0. The van der Waals surface area contributed by atoms with Gasteiger partial charge in [0.05, 0.1) is 5.56 Å². The summed E-state index contributed by atoms with van der Waals surface area (Å²) in [6.45, 7) is 0. The average molecular weight is 360 g/mol. The number of nitrogens with one attached hydrogen (secondary N) is 2. The van der Waals surface area contributed by atoms with Crippen LogP contribution < -0.4 is 16.4 Å². The molecule has 2 aliphatic carbocycles. The van der Waals surface area contributed by atoms with Gasteiger partial charge in [-0.2, -0.15) is 4.98 Å². The lowest BCUT2D eigenvalue weighted by molar-refractivity contribution is -0.133. The number of anilines is 2. The minimum absolute atomic E-state index is 0.108. The number of carbonyl (C=O) groups is 2. The molecule has 0 aromatic carbocycles. The molecule has 0 spiro atoms. The van der Waals surface area contributed by atoms with Crippen molar-refractivity contribution in [3.05, 3.63) is 11.8 Å². The first-order chi connectivity index (χ1) is 12.4. The molecule has 8 nitrogen and oxygen atoms in total. The summed E-state index contributed by atoms with van der Waals surface area (Å²) in [5, 5.41) is 6.64. The molecule has 2 aliphatic rings. The van der Waals surface area contributed by atoms with Crippen LogP contribution >= 0.6 is 0 Å². The lowest BCUT2D eigenvalue weighted by atomic mass is 9.85. The second-order valence-electron chi connectivity index (χ2n) is 7.52. The Morgan fingerprint density at radius 3 is 2.27 bits per heavy atom. The lowest BCUT2D eigenvalue weighted by Gasteiger charge is -2.30. The maximum absolute atomic E-state index is 12.1. The predicted octanol–water partition coefficient (Wildman–Crippen LogP) is 1.60. The number of amides is 2. The summed E-state index contributed by atoms with van der Waals surface area (Å²) in [6, 6.07) is 0.584. The van der Waals surface area contributed by atoms with Gasteiger partial charge in [0.2, 0.25) is 11.9 Å². The number of carbonyl (C=O) groups excluding carboxylic acids is 2. The third-order valence-electron chi connectivity index (χ3n) is 5.35. The molecule has 0 atom stereocenters. The van der Waals surface area contributed by atoms with Gasteiger partial charge in [-0.25, -0.2) is 4.98 Å². The van der Waals surface area contributed by atoms with Crippen LogP contribution in [0.5, 0.6) is 0 Å². The zero-order valence-electron chi connectivity index (χ0n) is 15.5. The Bertz CT molecular complexity index is 666. The fourth-order valence-corrected chi connectivity index (χ4v) is 3.52. The van der Waals surface area contributed by atoms with Crippen molar-refractivity contribution < 1.29 is 9.59 Å². The molecule has 2 fully saturated rings. The van der Waals surface area contributed by atoms with E-state index in [4.69, 9.17) is 5.73 Å². The highest BCUT2D eigenvalue weighted by molar-refractivity contribution is 5.97. The smallest absolute Gasteiger partial charge is 0.254 e. The highest BCUT2D eigenvalue weighted by atomic mass is 16.2. The summed E-state index contributed by atoms with van der Waals surface area (Å²) in [7, 11) is 3.61. The highest BCUT2D eigenvalue weighted by Gasteiger charge is 2.28. The molecule has 3 rings (SSSR count). The van der Waals surface area contributed by atoms with Gasteiger partial charge in [0.25, 0.3) is 5.91 Å². The molecular formula is C18H28N6O2. The number of primary amides is 1. The zero-order valence-corrected chi connectivity index (χ0v) is 15.5. The number of nitrogens with two attached hydrogens (primary N) is 1. The van der Waals surface area contributed by atoms with Gasteiger partial charge in [-0.15, -0.1) is 0 Å². The molecule has 1 heterocycles. The van der Waals surface area contributed by atoms with E-state index in [9.17, 15) is 9.59 Å². The second kappa shape index (κ2) is 7.88. The van der Waals surface area contributed by atoms with E-state index >= 15 is 0 Å². The molecule has 1 aromatic heterocycles. The van der Waals surface area contributed by atoms with Crippen LogP contribution in [-0.4, -0.2) is 52.9 Å². The molecule has 142 valence electrons. The Morgan fingerprint density at radius 2 is 1.73 bits per heavy atom. The Morgan fingerprint density at radius 1 is 1.08 bits per heavy atom. The number of aromatic nitrogens is 2. The summed E-state index contributed by atoms with van der Waals surface area (Å²) < 4.78 is 0. The number of hydrogen-bond acceptors (Lipinski definition) is 6. The zero-order chi connectivity index (χ0) is 18.7. The molecule has 2 amide bonds. The van der Waals surface area contributed by atoms with Gasteiger partial charge in [0, 0.05) is 38.3 Å². The average Bonchev–Trinajstić information content (AvgIpc) is 2.58. The summed E-state index contributed by atoms with van der Waals surface area (Å²) in [5.74, 6) is 0.797. The van der Waals surface area contributed by atoms with Crippen LogP contribution in [0.2, 0.25) is 0 Å². The fraction of sp³-hybridized carbons (Fsp3) is 0.667. The predicted molar refractivity (Wildman–Crippen MR) is 99.9 cm³/mol. The molecule has 4 N–H and O–H groups in total. The molecule has 0 unspecified atom stereocenters. The van der Waals surface area contributed by atoms with Gasteiger partial charge in [0.15, 0.2) is 0 Å². The lowest BCUT2D eigenvalue weighted by Crippen LogP contribution is -2.35. The molecular weight excluding hydrogens is 332 g/mol. The summed E-state index contributed by atoms with van der Waals surface area (Å²) in [5.41, 5.74) is 5.76. The van der Waals surface area contributed by atoms with E-state index < -0.39 is 5.91 Å². The molecule has 26 heavy (non-hydrogen) atoms. The van der Waals surface area contributed by atoms with Gasteiger partial charge in [-0.1, -0.05) is 0 Å². The quantitative estimate of drug-likeness (QED) is 0.710. The van der Waals surface area contributed by atoms with Crippen LogP contribution in [0.4, 0.5) is 11.8 Å². The fourth-order valence-electron chi connectivity index (χ4n) is 3.52. The maximum Gasteiger partial charge on any atom is 0.254 e. The van der Waals surface area contributed by atoms with E-state index in [0.717, 1.165) is 38.5 Å². The van der Waals surface area contributed by atoms with Crippen molar-refractivity contribution in [1.82, 2.24) is 14.9 Å². The van der Waals surface area contributed by atoms with Crippen LogP contribution in [0.15, 0.2) is 6.20 Å². The van der Waals surface area contributed by atoms with Gasteiger partial charge in [-0.05, 0) is 44.9 Å². The largest absolute Gasteiger partial charge is 0.367 e. The first kappa shape index (κ1) is 18.4. The molecule has 0 aliphatic heterocycles.